The number of anilines is 1. The molecule has 2 saturated heterocycles. The van der Waals surface area contributed by atoms with Crippen LogP contribution in [0.15, 0.2) is 72.8 Å². The van der Waals surface area contributed by atoms with Crippen molar-refractivity contribution in [3.63, 3.8) is 0 Å². The number of imide groups is 1. The number of amides is 3. The molecule has 0 bridgehead atoms. The first-order chi connectivity index (χ1) is 18.5. The van der Waals surface area contributed by atoms with Crippen LogP contribution in [0.25, 0.3) is 0 Å². The maximum atomic E-state index is 14.0. The summed E-state index contributed by atoms with van der Waals surface area (Å²) in [6.45, 7) is 0.220. The van der Waals surface area contributed by atoms with Crippen LogP contribution >= 0.6 is 0 Å². The van der Waals surface area contributed by atoms with Crippen molar-refractivity contribution in [3.05, 3.63) is 89.5 Å². The number of fused-ring (bicyclic) bond motifs is 4. The third-order valence-electron chi connectivity index (χ3n) is 8.08. The standard InChI is InChI=1S/C30H29N3O5/c1-37-23-13-12-19(17-24(23)38-2)14-15-33-27(34)25-22(16-18-8-4-3-5-9-18)32-30(26(25)28(33)35)20-10-6-7-11-21(20)31-29(30)36/h3-13,17,22,25-26,32H,14-16H2,1-2H3,(H,31,36)/t22-,25+,26-,30-/m0/s1. The van der Waals surface area contributed by atoms with E-state index < -0.39 is 17.4 Å². The third-order valence-corrected chi connectivity index (χ3v) is 8.08. The third kappa shape index (κ3) is 3.59. The first-order valence-corrected chi connectivity index (χ1v) is 12.8. The van der Waals surface area contributed by atoms with E-state index in [4.69, 9.17) is 9.47 Å². The molecule has 3 heterocycles. The highest BCUT2D eigenvalue weighted by atomic mass is 16.5. The van der Waals surface area contributed by atoms with Gasteiger partial charge in [0.15, 0.2) is 11.5 Å². The molecule has 3 aromatic rings. The highest BCUT2D eigenvalue weighted by Crippen LogP contribution is 2.53. The number of hydrogen-bond acceptors (Lipinski definition) is 6. The minimum atomic E-state index is -1.29. The average Bonchev–Trinajstić information content (AvgIpc) is 3.52. The Kier molecular flexibility index (Phi) is 5.91. The van der Waals surface area contributed by atoms with Crippen LogP contribution in [0.5, 0.6) is 11.5 Å². The zero-order valence-corrected chi connectivity index (χ0v) is 21.3. The summed E-state index contributed by atoms with van der Waals surface area (Å²) in [5.41, 5.74) is 2.06. The first-order valence-electron chi connectivity index (χ1n) is 12.8. The molecule has 0 radical (unpaired) electrons. The topological polar surface area (TPSA) is 97.0 Å². The molecular formula is C30H29N3O5. The van der Waals surface area contributed by atoms with E-state index in [0.29, 0.717) is 30.0 Å². The normalized spacial score (nSPS) is 25.5. The highest BCUT2D eigenvalue weighted by Gasteiger charge is 2.70. The SMILES string of the molecule is COc1ccc(CCN2C(=O)[C@@H]3[C@H](Cc4ccccc4)N[C@]4(C(=O)Nc5ccccc54)[C@@H]3C2=O)cc1OC. The van der Waals surface area contributed by atoms with Gasteiger partial charge in [0, 0.05) is 23.8 Å². The lowest BCUT2D eigenvalue weighted by Crippen LogP contribution is -2.53. The van der Waals surface area contributed by atoms with E-state index in [2.05, 4.69) is 10.6 Å². The zero-order valence-electron chi connectivity index (χ0n) is 21.3. The molecule has 3 aromatic carbocycles. The summed E-state index contributed by atoms with van der Waals surface area (Å²) in [6, 6.07) is 22.4. The molecule has 3 amide bonds. The molecule has 38 heavy (non-hydrogen) atoms. The van der Waals surface area contributed by atoms with Crippen LogP contribution in [0.3, 0.4) is 0 Å². The largest absolute Gasteiger partial charge is 0.493 e. The van der Waals surface area contributed by atoms with Gasteiger partial charge in [-0.25, -0.2) is 0 Å². The van der Waals surface area contributed by atoms with Crippen molar-refractivity contribution in [2.45, 2.75) is 24.4 Å². The van der Waals surface area contributed by atoms with Crippen molar-refractivity contribution >= 4 is 23.4 Å². The minimum absolute atomic E-state index is 0.220. The monoisotopic (exact) mass is 511 g/mol. The fourth-order valence-electron chi connectivity index (χ4n) is 6.36. The van der Waals surface area contributed by atoms with Crippen molar-refractivity contribution in [1.82, 2.24) is 10.2 Å². The summed E-state index contributed by atoms with van der Waals surface area (Å²) in [5, 5.41) is 6.44. The number of nitrogens with one attached hydrogen (secondary N) is 2. The molecular weight excluding hydrogens is 482 g/mol. The molecule has 2 N–H and O–H groups in total. The van der Waals surface area contributed by atoms with E-state index in [0.717, 1.165) is 16.7 Å². The van der Waals surface area contributed by atoms with E-state index in [1.165, 1.54) is 4.90 Å². The quantitative estimate of drug-likeness (QED) is 0.474. The second kappa shape index (κ2) is 9.29. The van der Waals surface area contributed by atoms with Gasteiger partial charge in [-0.1, -0.05) is 54.6 Å². The molecule has 4 atom stereocenters. The molecule has 2 fully saturated rings. The number of likely N-dealkylation sites (tertiary alicyclic amines) is 1. The smallest absolute Gasteiger partial charge is 0.250 e. The van der Waals surface area contributed by atoms with E-state index in [-0.39, 0.29) is 30.3 Å². The number of rotatable bonds is 7. The zero-order chi connectivity index (χ0) is 26.4. The predicted octanol–water partition coefficient (Wildman–Crippen LogP) is 2.91. The number of para-hydroxylation sites is 1. The van der Waals surface area contributed by atoms with Crippen molar-refractivity contribution in [1.29, 1.82) is 0 Å². The van der Waals surface area contributed by atoms with Crippen LogP contribution in [0.4, 0.5) is 5.69 Å². The van der Waals surface area contributed by atoms with Gasteiger partial charge in [0.1, 0.15) is 5.54 Å². The van der Waals surface area contributed by atoms with Crippen molar-refractivity contribution in [3.8, 4) is 11.5 Å². The van der Waals surface area contributed by atoms with Gasteiger partial charge in [-0.3, -0.25) is 24.6 Å². The Bertz CT molecular complexity index is 1420. The van der Waals surface area contributed by atoms with Gasteiger partial charge in [0.2, 0.25) is 17.7 Å². The summed E-state index contributed by atoms with van der Waals surface area (Å²) < 4.78 is 10.7. The molecule has 1 spiro atoms. The molecule has 194 valence electrons. The summed E-state index contributed by atoms with van der Waals surface area (Å²) in [4.78, 5) is 42.8. The number of hydrogen-bond donors (Lipinski definition) is 2. The highest BCUT2D eigenvalue weighted by molar-refractivity contribution is 6.15. The molecule has 3 aliphatic rings. The number of nitrogens with zero attached hydrogens (tertiary/aromatic N) is 1. The number of benzene rings is 3. The summed E-state index contributed by atoms with van der Waals surface area (Å²) in [7, 11) is 3.14. The van der Waals surface area contributed by atoms with Crippen molar-refractivity contribution < 1.29 is 23.9 Å². The second-order valence-corrected chi connectivity index (χ2v) is 10.0. The molecule has 0 unspecified atom stereocenters. The van der Waals surface area contributed by atoms with Gasteiger partial charge < -0.3 is 14.8 Å². The summed E-state index contributed by atoms with van der Waals surface area (Å²) in [5.74, 6) is -1.10. The fraction of sp³-hybridized carbons (Fsp3) is 0.300. The van der Waals surface area contributed by atoms with Gasteiger partial charge >= 0.3 is 0 Å². The Balaban J connectivity index is 1.34. The van der Waals surface area contributed by atoms with Crippen LogP contribution in [-0.4, -0.2) is 49.4 Å². The molecule has 0 saturated carbocycles. The van der Waals surface area contributed by atoms with Crippen molar-refractivity contribution in [2.75, 3.05) is 26.1 Å². The summed E-state index contributed by atoms with van der Waals surface area (Å²) in [6.07, 6.45) is 0.992. The second-order valence-electron chi connectivity index (χ2n) is 10.0. The Labute approximate surface area is 220 Å². The first kappa shape index (κ1) is 24.2. The van der Waals surface area contributed by atoms with Gasteiger partial charge in [-0.2, -0.15) is 0 Å². The van der Waals surface area contributed by atoms with Crippen LogP contribution in [0, 0.1) is 11.8 Å². The van der Waals surface area contributed by atoms with Gasteiger partial charge in [-0.05, 0) is 42.2 Å². The molecule has 3 aliphatic heterocycles. The lowest BCUT2D eigenvalue weighted by atomic mass is 9.76. The predicted molar refractivity (Wildman–Crippen MR) is 141 cm³/mol. The van der Waals surface area contributed by atoms with Crippen LogP contribution in [0.2, 0.25) is 0 Å². The Hall–Kier alpha value is -4.17. The van der Waals surface area contributed by atoms with Crippen LogP contribution < -0.4 is 20.1 Å². The molecule has 6 rings (SSSR count). The lowest BCUT2D eigenvalue weighted by Gasteiger charge is -2.29. The van der Waals surface area contributed by atoms with Crippen LogP contribution in [0.1, 0.15) is 16.7 Å². The molecule has 8 nitrogen and oxygen atoms in total. The Morgan fingerprint density at radius 1 is 0.842 bits per heavy atom. The number of carbonyl (C=O) groups is 3. The maximum Gasteiger partial charge on any atom is 0.250 e. The van der Waals surface area contributed by atoms with E-state index in [1.807, 2.05) is 72.8 Å². The Morgan fingerprint density at radius 2 is 1.58 bits per heavy atom. The van der Waals surface area contributed by atoms with Gasteiger partial charge in [0.25, 0.3) is 0 Å². The van der Waals surface area contributed by atoms with Crippen molar-refractivity contribution in [2.24, 2.45) is 11.8 Å². The van der Waals surface area contributed by atoms with Gasteiger partial charge in [0.05, 0.1) is 26.1 Å². The Morgan fingerprint density at radius 3 is 2.34 bits per heavy atom. The van der Waals surface area contributed by atoms with Gasteiger partial charge in [-0.15, -0.1) is 0 Å². The molecule has 0 aromatic heterocycles. The van der Waals surface area contributed by atoms with E-state index in [9.17, 15) is 14.4 Å². The number of methoxy groups -OCH3 is 2. The molecule has 0 aliphatic carbocycles. The van der Waals surface area contributed by atoms with Crippen LogP contribution in [-0.2, 0) is 32.8 Å². The lowest BCUT2D eigenvalue weighted by molar-refractivity contribution is -0.142. The average molecular weight is 512 g/mol. The fourth-order valence-corrected chi connectivity index (χ4v) is 6.36. The molecule has 8 heteroatoms. The number of ether oxygens (including phenoxy) is 2. The van der Waals surface area contributed by atoms with E-state index >= 15 is 0 Å². The number of carbonyl (C=O) groups excluding carboxylic acids is 3. The summed E-state index contributed by atoms with van der Waals surface area (Å²) >= 11 is 0. The van der Waals surface area contributed by atoms with E-state index in [1.54, 1.807) is 14.2 Å². The maximum absolute atomic E-state index is 14.0. The minimum Gasteiger partial charge on any atom is -0.493 e.